The van der Waals surface area contributed by atoms with Crippen LogP contribution in [0.1, 0.15) is 61.7 Å². The van der Waals surface area contributed by atoms with Gasteiger partial charge in [-0.1, -0.05) is 13.3 Å². The van der Waals surface area contributed by atoms with Crippen molar-refractivity contribution in [1.82, 2.24) is 9.97 Å². The predicted molar refractivity (Wildman–Crippen MR) is 64.0 cm³/mol. The lowest BCUT2D eigenvalue weighted by molar-refractivity contribution is -0.139. The number of aliphatic carboxylic acids is 1. The molecule has 1 N–H and O–H groups in total. The summed E-state index contributed by atoms with van der Waals surface area (Å²) in [6.45, 7) is 3.76. The van der Waals surface area contributed by atoms with E-state index >= 15 is 0 Å². The fourth-order valence-electron chi connectivity index (χ4n) is 2.15. The van der Waals surface area contributed by atoms with Crippen LogP contribution in [0.4, 0.5) is 0 Å². The van der Waals surface area contributed by atoms with Crippen molar-refractivity contribution in [2.24, 2.45) is 0 Å². The van der Waals surface area contributed by atoms with E-state index in [0.717, 1.165) is 11.4 Å². The van der Waals surface area contributed by atoms with E-state index in [-0.39, 0.29) is 0 Å². The predicted octanol–water partition coefficient (Wildman–Crippen LogP) is 2.63. The molecule has 1 aliphatic rings. The van der Waals surface area contributed by atoms with E-state index in [1.165, 1.54) is 19.3 Å². The molecule has 0 radical (unpaired) electrons. The minimum absolute atomic E-state index is 0.474. The molecule has 1 aromatic rings. The highest BCUT2D eigenvalue weighted by Gasteiger charge is 2.25. The van der Waals surface area contributed by atoms with Gasteiger partial charge in [0.15, 0.2) is 0 Å². The first kappa shape index (κ1) is 12.0. The van der Waals surface area contributed by atoms with E-state index < -0.39 is 11.9 Å². The van der Waals surface area contributed by atoms with E-state index in [0.29, 0.717) is 18.2 Å². The van der Waals surface area contributed by atoms with E-state index in [9.17, 15) is 4.79 Å². The van der Waals surface area contributed by atoms with Crippen molar-refractivity contribution < 1.29 is 9.90 Å². The molecule has 2 rings (SSSR count). The molecular formula is C13H18N2O2. The van der Waals surface area contributed by atoms with Crippen LogP contribution in [0.2, 0.25) is 0 Å². The van der Waals surface area contributed by atoms with E-state index in [2.05, 4.69) is 9.97 Å². The highest BCUT2D eigenvalue weighted by Crippen LogP contribution is 2.35. The SMILES string of the molecule is CCC(C(=O)O)c1nc(C)cc(C2CCC2)n1. The molecule has 1 atom stereocenters. The first-order valence-electron chi connectivity index (χ1n) is 6.20. The molecule has 4 heteroatoms. The Labute approximate surface area is 101 Å². The molecule has 0 amide bonds. The van der Waals surface area contributed by atoms with E-state index in [4.69, 9.17) is 5.11 Å². The van der Waals surface area contributed by atoms with Crippen LogP contribution < -0.4 is 0 Å². The van der Waals surface area contributed by atoms with Gasteiger partial charge in [-0.25, -0.2) is 9.97 Å². The average molecular weight is 234 g/mol. The normalized spacial score (nSPS) is 17.5. The summed E-state index contributed by atoms with van der Waals surface area (Å²) in [5.41, 5.74) is 1.90. The summed E-state index contributed by atoms with van der Waals surface area (Å²) in [6, 6.07) is 1.99. The number of carboxylic acids is 1. The summed E-state index contributed by atoms with van der Waals surface area (Å²) in [6.07, 6.45) is 4.11. The Morgan fingerprint density at radius 2 is 2.24 bits per heavy atom. The molecular weight excluding hydrogens is 216 g/mol. The average Bonchev–Trinajstić information content (AvgIpc) is 2.14. The smallest absolute Gasteiger partial charge is 0.314 e. The summed E-state index contributed by atoms with van der Waals surface area (Å²) in [4.78, 5) is 19.9. The number of aryl methyl sites for hydroxylation is 1. The van der Waals surface area contributed by atoms with Gasteiger partial charge in [-0.15, -0.1) is 0 Å². The van der Waals surface area contributed by atoms with Crippen LogP contribution in [0.5, 0.6) is 0 Å². The van der Waals surface area contributed by atoms with Gasteiger partial charge in [-0.3, -0.25) is 4.79 Å². The van der Waals surface area contributed by atoms with Crippen LogP contribution in [-0.4, -0.2) is 21.0 Å². The van der Waals surface area contributed by atoms with Gasteiger partial charge < -0.3 is 5.11 Å². The largest absolute Gasteiger partial charge is 0.481 e. The number of carbonyl (C=O) groups is 1. The summed E-state index contributed by atoms with van der Waals surface area (Å²) in [5.74, 6) is -0.421. The molecule has 1 aromatic heterocycles. The minimum Gasteiger partial charge on any atom is -0.481 e. The number of rotatable bonds is 4. The van der Waals surface area contributed by atoms with Crippen LogP contribution in [0, 0.1) is 6.92 Å². The highest BCUT2D eigenvalue weighted by molar-refractivity contribution is 5.74. The zero-order valence-electron chi connectivity index (χ0n) is 10.3. The lowest BCUT2D eigenvalue weighted by atomic mass is 9.82. The van der Waals surface area contributed by atoms with Gasteiger partial charge in [0.05, 0.1) is 0 Å². The van der Waals surface area contributed by atoms with Gasteiger partial charge in [0.1, 0.15) is 11.7 Å². The van der Waals surface area contributed by atoms with Crippen molar-refractivity contribution in [3.05, 3.63) is 23.3 Å². The number of aromatic nitrogens is 2. The Kier molecular flexibility index (Phi) is 3.41. The van der Waals surface area contributed by atoms with E-state index in [1.807, 2.05) is 19.9 Å². The molecule has 1 aliphatic carbocycles. The van der Waals surface area contributed by atoms with Gasteiger partial charge >= 0.3 is 5.97 Å². The highest BCUT2D eigenvalue weighted by atomic mass is 16.4. The minimum atomic E-state index is -0.836. The zero-order chi connectivity index (χ0) is 12.4. The Bertz CT molecular complexity index is 427. The first-order valence-corrected chi connectivity index (χ1v) is 6.20. The van der Waals surface area contributed by atoms with Gasteiger partial charge in [-0.2, -0.15) is 0 Å². The van der Waals surface area contributed by atoms with Crippen molar-refractivity contribution in [2.45, 2.75) is 51.4 Å². The molecule has 0 aromatic carbocycles. The van der Waals surface area contributed by atoms with Crippen molar-refractivity contribution in [3.63, 3.8) is 0 Å². The third-order valence-corrected chi connectivity index (χ3v) is 3.43. The molecule has 0 aliphatic heterocycles. The van der Waals surface area contributed by atoms with Crippen LogP contribution in [0.3, 0.4) is 0 Å². The fraction of sp³-hybridized carbons (Fsp3) is 0.615. The molecule has 1 saturated carbocycles. The molecule has 4 nitrogen and oxygen atoms in total. The van der Waals surface area contributed by atoms with Crippen molar-refractivity contribution in [1.29, 1.82) is 0 Å². The second-order valence-corrected chi connectivity index (χ2v) is 4.72. The molecule has 92 valence electrons. The third-order valence-electron chi connectivity index (χ3n) is 3.43. The first-order chi connectivity index (χ1) is 8.11. The van der Waals surface area contributed by atoms with Crippen molar-refractivity contribution in [3.8, 4) is 0 Å². The number of hydrogen-bond acceptors (Lipinski definition) is 3. The topological polar surface area (TPSA) is 63.1 Å². The van der Waals surface area contributed by atoms with Crippen LogP contribution in [-0.2, 0) is 4.79 Å². The van der Waals surface area contributed by atoms with Gasteiger partial charge in [-0.05, 0) is 32.3 Å². The number of carboxylic acid groups (broad SMARTS) is 1. The van der Waals surface area contributed by atoms with Crippen molar-refractivity contribution >= 4 is 5.97 Å². The third kappa shape index (κ3) is 2.46. The number of hydrogen-bond donors (Lipinski definition) is 1. The standard InChI is InChI=1S/C13H18N2O2/c1-3-10(13(16)17)12-14-8(2)7-11(15-12)9-5-4-6-9/h7,9-10H,3-6H2,1-2H3,(H,16,17). The molecule has 1 heterocycles. The second-order valence-electron chi connectivity index (χ2n) is 4.72. The van der Waals surface area contributed by atoms with E-state index in [1.54, 1.807) is 0 Å². The molecule has 0 bridgehead atoms. The fourth-order valence-corrected chi connectivity index (χ4v) is 2.15. The summed E-state index contributed by atoms with van der Waals surface area (Å²) in [5, 5.41) is 9.14. The van der Waals surface area contributed by atoms with Gasteiger partial charge in [0, 0.05) is 17.3 Å². The van der Waals surface area contributed by atoms with Crippen LogP contribution >= 0.6 is 0 Å². The Morgan fingerprint density at radius 3 is 2.71 bits per heavy atom. The molecule has 1 fully saturated rings. The maximum Gasteiger partial charge on any atom is 0.314 e. The molecule has 1 unspecified atom stereocenters. The lowest BCUT2D eigenvalue weighted by Gasteiger charge is -2.25. The summed E-state index contributed by atoms with van der Waals surface area (Å²) in [7, 11) is 0. The molecule has 0 saturated heterocycles. The lowest BCUT2D eigenvalue weighted by Crippen LogP contribution is -2.18. The zero-order valence-corrected chi connectivity index (χ0v) is 10.3. The molecule has 17 heavy (non-hydrogen) atoms. The van der Waals surface area contributed by atoms with Crippen molar-refractivity contribution in [2.75, 3.05) is 0 Å². The monoisotopic (exact) mass is 234 g/mol. The number of nitrogens with zero attached hydrogens (tertiary/aromatic N) is 2. The van der Waals surface area contributed by atoms with Crippen LogP contribution in [0.15, 0.2) is 6.07 Å². The molecule has 0 spiro atoms. The maximum absolute atomic E-state index is 11.1. The van der Waals surface area contributed by atoms with Gasteiger partial charge in [0.25, 0.3) is 0 Å². The van der Waals surface area contributed by atoms with Crippen LogP contribution in [0.25, 0.3) is 0 Å². The van der Waals surface area contributed by atoms with Gasteiger partial charge in [0.2, 0.25) is 0 Å². The Hall–Kier alpha value is -1.45. The Morgan fingerprint density at radius 1 is 1.53 bits per heavy atom. The second kappa shape index (κ2) is 4.82. The maximum atomic E-state index is 11.1. The Balaban J connectivity index is 2.32. The summed E-state index contributed by atoms with van der Waals surface area (Å²) < 4.78 is 0. The summed E-state index contributed by atoms with van der Waals surface area (Å²) >= 11 is 0. The quantitative estimate of drug-likeness (QED) is 0.869.